The molecule has 0 radical (unpaired) electrons. The Kier molecular flexibility index (Phi) is 16.9. The number of ether oxygens (including phenoxy) is 4. The minimum atomic E-state index is -1.39. The van der Waals surface area contributed by atoms with E-state index in [1.165, 1.54) is 13.3 Å². The first kappa shape index (κ1) is 52.1. The fourth-order valence-corrected chi connectivity index (χ4v) is 8.42. The Morgan fingerprint density at radius 1 is 0.682 bits per heavy atom. The van der Waals surface area contributed by atoms with E-state index < -0.39 is 51.5 Å². The van der Waals surface area contributed by atoms with Gasteiger partial charge >= 0.3 is 23.9 Å². The fourth-order valence-electron chi connectivity index (χ4n) is 8.42. The number of benzene rings is 1. The van der Waals surface area contributed by atoms with Gasteiger partial charge in [0.2, 0.25) is 11.3 Å². The minimum Gasteiger partial charge on any atom is -0.492 e. The Bertz CT molecular complexity index is 2110. The van der Waals surface area contributed by atoms with Gasteiger partial charge in [-0.15, -0.1) is 0 Å². The number of nitrogens with zero attached hydrogens (tertiary/aromatic N) is 7. The van der Waals surface area contributed by atoms with Crippen LogP contribution in [0, 0.1) is 5.82 Å². The summed E-state index contributed by atoms with van der Waals surface area (Å²) in [6.07, 6.45) is 2.88. The molecule has 18 nitrogen and oxygen atoms in total. The predicted molar refractivity (Wildman–Crippen MR) is 247 cm³/mol. The van der Waals surface area contributed by atoms with Crippen LogP contribution in [-0.2, 0) is 33.4 Å². The van der Waals surface area contributed by atoms with Gasteiger partial charge in [-0.2, -0.15) is 0 Å². The molecule has 2 aliphatic heterocycles. The van der Waals surface area contributed by atoms with E-state index in [9.17, 15) is 33.9 Å². The second-order valence-corrected chi connectivity index (χ2v) is 20.7. The molecular weight excluding hydrogens is 858 g/mol. The first-order valence-electron chi connectivity index (χ1n) is 23.0. The number of carbonyl (C=O) groups is 5. The zero-order valence-corrected chi connectivity index (χ0v) is 40.9. The van der Waals surface area contributed by atoms with Crippen molar-refractivity contribution in [3.05, 3.63) is 33.9 Å². The van der Waals surface area contributed by atoms with Crippen molar-refractivity contribution < 1.29 is 52.4 Å². The van der Waals surface area contributed by atoms with Crippen LogP contribution in [0.15, 0.2) is 17.1 Å². The van der Waals surface area contributed by atoms with Gasteiger partial charge in [-0.05, 0) is 88.1 Å². The second kappa shape index (κ2) is 21.4. The number of anilines is 1. The lowest BCUT2D eigenvalue weighted by Crippen LogP contribution is -2.57. The summed E-state index contributed by atoms with van der Waals surface area (Å²) >= 11 is 0. The van der Waals surface area contributed by atoms with Crippen molar-refractivity contribution in [1.29, 1.82) is 0 Å². The number of amides is 1. The van der Waals surface area contributed by atoms with E-state index >= 15 is 4.39 Å². The summed E-state index contributed by atoms with van der Waals surface area (Å²) < 4.78 is 40.8. The second-order valence-electron chi connectivity index (χ2n) is 20.7. The third-order valence-corrected chi connectivity index (χ3v) is 11.4. The van der Waals surface area contributed by atoms with Crippen LogP contribution in [0.25, 0.3) is 10.9 Å². The molecule has 3 aliphatic rings. The summed E-state index contributed by atoms with van der Waals surface area (Å²) in [4.78, 5) is 90.5. The molecule has 0 bridgehead atoms. The van der Waals surface area contributed by atoms with Gasteiger partial charge in [-0.1, -0.05) is 0 Å². The number of carboxylic acid groups (broad SMARTS) is 1. The maximum absolute atomic E-state index is 16.2. The number of hydrogen-bond acceptors (Lipinski definition) is 15. The molecule has 1 saturated carbocycles. The molecule has 3 heterocycles. The Hall–Kier alpha value is -4.85. The quantitative estimate of drug-likeness (QED) is 0.241. The zero-order valence-electron chi connectivity index (χ0n) is 40.9. The van der Waals surface area contributed by atoms with E-state index in [0.29, 0.717) is 57.9 Å². The van der Waals surface area contributed by atoms with E-state index in [0.717, 1.165) is 18.9 Å². The van der Waals surface area contributed by atoms with Gasteiger partial charge in [-0.3, -0.25) is 43.6 Å². The van der Waals surface area contributed by atoms with Crippen molar-refractivity contribution in [3.63, 3.8) is 0 Å². The lowest BCUT2D eigenvalue weighted by molar-refractivity contribution is -0.158. The SMILES string of the molecule is COc1c(N2CCN(C(=O)CN3CCN(CC(=O)OC(C)(C)C)CCN(CC(=O)OC(C)(C)C)CCN(CC(=O)OC(C)(C)C)CC3)C(C)C2)c(F)cc2c(=O)c(C(=O)O)cn(C3CC3)c12. The maximum atomic E-state index is 16.2. The van der Waals surface area contributed by atoms with Crippen LogP contribution < -0.4 is 15.1 Å². The molecule has 3 fully saturated rings. The number of hydrogen-bond donors (Lipinski definition) is 1. The Labute approximate surface area is 387 Å². The first-order chi connectivity index (χ1) is 30.7. The summed E-state index contributed by atoms with van der Waals surface area (Å²) in [5.74, 6) is -3.31. The van der Waals surface area contributed by atoms with E-state index in [-0.39, 0.29) is 86.6 Å². The number of rotatable bonds is 12. The van der Waals surface area contributed by atoms with Crippen molar-refractivity contribution >= 4 is 46.4 Å². The molecule has 0 spiro atoms. The summed E-state index contributed by atoms with van der Waals surface area (Å²) in [6.45, 7) is 22.1. The van der Waals surface area contributed by atoms with E-state index in [4.69, 9.17) is 18.9 Å². The highest BCUT2D eigenvalue weighted by Crippen LogP contribution is 2.44. The number of halogens is 1. The molecule has 1 N–H and O–H groups in total. The number of fused-ring (bicyclic) bond motifs is 1. The molecule has 1 unspecified atom stereocenters. The van der Waals surface area contributed by atoms with E-state index in [1.807, 2.05) is 88.8 Å². The first-order valence-corrected chi connectivity index (χ1v) is 23.0. The topological polar surface area (TPSA) is 184 Å². The number of aromatic carboxylic acids is 1. The lowest BCUT2D eigenvalue weighted by atomic mass is 10.1. The minimum absolute atomic E-state index is 0.00457. The standard InChI is InChI=1S/C47H72FN7O11/c1-31-25-53(41-35(48)24-33-40(43(41)63-11)55(32-12-13-32)26-34(42(33)60)44(61)62)22-23-54(31)36(56)27-49-14-16-50(28-37(57)64-45(2,3)4)18-20-52(30-39(59)66-47(8,9)10)21-19-51(17-15-49)29-38(58)65-46(5,6)7/h24,26,31-32H,12-23,25,27-30H2,1-11H3,(H,61,62). The summed E-state index contributed by atoms with van der Waals surface area (Å²) in [6, 6.07) is 0.670. The van der Waals surface area contributed by atoms with Crippen molar-refractivity contribution in [1.82, 2.24) is 29.1 Å². The molecule has 19 heteroatoms. The number of carbonyl (C=O) groups excluding carboxylic acids is 4. The highest BCUT2D eigenvalue weighted by Gasteiger charge is 2.35. The number of carboxylic acids is 1. The van der Waals surface area contributed by atoms with Gasteiger partial charge in [0.25, 0.3) is 0 Å². The van der Waals surface area contributed by atoms with Crippen molar-refractivity contribution in [2.24, 2.45) is 0 Å². The molecule has 1 atom stereocenters. The molecule has 2 aromatic rings. The molecule has 1 aromatic carbocycles. The van der Waals surface area contributed by atoms with Crippen molar-refractivity contribution in [2.75, 3.05) is 110 Å². The summed E-state index contributed by atoms with van der Waals surface area (Å²) in [7, 11) is 1.40. The number of aromatic nitrogens is 1. The van der Waals surface area contributed by atoms with Gasteiger partial charge in [0.1, 0.15) is 28.1 Å². The third kappa shape index (κ3) is 14.8. The molecule has 66 heavy (non-hydrogen) atoms. The fraction of sp³-hybridized carbons (Fsp3) is 0.702. The van der Waals surface area contributed by atoms with Crippen LogP contribution in [0.4, 0.5) is 10.1 Å². The number of methoxy groups -OCH3 is 1. The van der Waals surface area contributed by atoms with Gasteiger partial charge in [0.15, 0.2) is 11.6 Å². The zero-order chi connectivity index (χ0) is 48.9. The predicted octanol–water partition coefficient (Wildman–Crippen LogP) is 3.47. The average Bonchev–Trinajstić information content (AvgIpc) is 4.02. The van der Waals surface area contributed by atoms with Crippen LogP contribution in [0.3, 0.4) is 0 Å². The van der Waals surface area contributed by atoms with Crippen LogP contribution in [-0.4, -0.2) is 192 Å². The number of piperazine rings is 1. The molecule has 5 rings (SSSR count). The molecule has 2 saturated heterocycles. The molecule has 1 amide bonds. The van der Waals surface area contributed by atoms with Gasteiger partial charge in [0, 0.05) is 90.3 Å². The lowest BCUT2D eigenvalue weighted by Gasteiger charge is -2.42. The molecule has 368 valence electrons. The van der Waals surface area contributed by atoms with Crippen LogP contribution in [0.2, 0.25) is 0 Å². The number of esters is 3. The van der Waals surface area contributed by atoms with Gasteiger partial charge in [0.05, 0.1) is 44.2 Å². The monoisotopic (exact) mass is 930 g/mol. The molecule has 1 aromatic heterocycles. The average molecular weight is 930 g/mol. The summed E-state index contributed by atoms with van der Waals surface area (Å²) in [5, 5.41) is 9.69. The van der Waals surface area contributed by atoms with Gasteiger partial charge in [-0.25, -0.2) is 9.18 Å². The van der Waals surface area contributed by atoms with E-state index in [1.54, 1.807) is 14.4 Å². The highest BCUT2D eigenvalue weighted by molar-refractivity contribution is 5.97. The Morgan fingerprint density at radius 2 is 1.11 bits per heavy atom. The molecule has 1 aliphatic carbocycles. The van der Waals surface area contributed by atoms with Crippen LogP contribution in [0.5, 0.6) is 5.75 Å². The summed E-state index contributed by atoms with van der Waals surface area (Å²) in [5.41, 5.74) is -2.81. The number of pyridine rings is 1. The van der Waals surface area contributed by atoms with Crippen LogP contribution >= 0.6 is 0 Å². The highest BCUT2D eigenvalue weighted by atomic mass is 19.1. The van der Waals surface area contributed by atoms with Crippen molar-refractivity contribution in [2.45, 2.75) is 111 Å². The molecular formula is C47H72FN7O11. The Balaban J connectivity index is 1.37. The Morgan fingerprint density at radius 3 is 1.47 bits per heavy atom. The third-order valence-electron chi connectivity index (χ3n) is 11.4. The largest absolute Gasteiger partial charge is 0.492 e. The van der Waals surface area contributed by atoms with Gasteiger partial charge < -0.3 is 38.4 Å². The smallest absolute Gasteiger partial charge is 0.341 e. The normalized spacial score (nSPS) is 19.5. The van der Waals surface area contributed by atoms with E-state index in [2.05, 4.69) is 0 Å². The van der Waals surface area contributed by atoms with Crippen LogP contribution in [0.1, 0.15) is 98.5 Å². The van der Waals surface area contributed by atoms with Crippen molar-refractivity contribution in [3.8, 4) is 5.75 Å². The maximum Gasteiger partial charge on any atom is 0.341 e.